The lowest BCUT2D eigenvalue weighted by molar-refractivity contribution is -0.384. The number of amides is 4. The number of carbonyl (C=O) groups excluding carboxylic acids is 3. The first-order valence-electron chi connectivity index (χ1n) is 9.03. The number of nitro benzene ring substituents is 1. The predicted molar refractivity (Wildman–Crippen MR) is 103 cm³/mol. The molecule has 0 saturated carbocycles. The molecule has 0 unspecified atom stereocenters. The molecule has 2 heterocycles. The van der Waals surface area contributed by atoms with Crippen LogP contribution in [-0.4, -0.2) is 47.6 Å². The summed E-state index contributed by atoms with van der Waals surface area (Å²) in [6.07, 6.45) is 0.322. The number of carbonyl (C=O) groups is 3. The summed E-state index contributed by atoms with van der Waals surface area (Å²) < 4.78 is 10.4. The van der Waals surface area contributed by atoms with Gasteiger partial charge in [-0.25, -0.2) is 4.79 Å². The molecule has 4 amide bonds. The highest BCUT2D eigenvalue weighted by molar-refractivity contribution is 6.21. The molecule has 30 heavy (non-hydrogen) atoms. The summed E-state index contributed by atoms with van der Waals surface area (Å²) in [4.78, 5) is 48.0. The second kappa shape index (κ2) is 7.70. The first kappa shape index (κ1) is 19.2. The molecule has 0 aromatic heterocycles. The van der Waals surface area contributed by atoms with E-state index < -0.39 is 22.8 Å². The van der Waals surface area contributed by atoms with Crippen LogP contribution in [0, 0.1) is 10.1 Å². The average molecular weight is 412 g/mol. The van der Waals surface area contributed by atoms with Crippen molar-refractivity contribution in [3.63, 3.8) is 0 Å². The van der Waals surface area contributed by atoms with Gasteiger partial charge in [0, 0.05) is 37.0 Å². The van der Waals surface area contributed by atoms with Gasteiger partial charge >= 0.3 is 6.03 Å². The Bertz CT molecular complexity index is 1070. The van der Waals surface area contributed by atoms with Gasteiger partial charge in [-0.2, -0.15) is 0 Å². The third-order valence-corrected chi connectivity index (χ3v) is 4.64. The smallest absolute Gasteiger partial charge is 0.319 e. The van der Waals surface area contributed by atoms with Crippen molar-refractivity contribution in [2.24, 2.45) is 0 Å². The van der Waals surface area contributed by atoms with Crippen LogP contribution in [0.4, 0.5) is 16.2 Å². The Morgan fingerprint density at radius 1 is 1.07 bits per heavy atom. The number of fused-ring (bicyclic) bond motifs is 2. The van der Waals surface area contributed by atoms with E-state index in [0.29, 0.717) is 23.6 Å². The molecule has 11 nitrogen and oxygen atoms in total. The molecule has 2 aliphatic rings. The molecule has 2 aromatic rings. The lowest BCUT2D eigenvalue weighted by Crippen LogP contribution is -2.35. The number of nitro groups is 1. The van der Waals surface area contributed by atoms with Gasteiger partial charge in [-0.05, 0) is 24.6 Å². The summed E-state index contributed by atoms with van der Waals surface area (Å²) in [5.74, 6) is 0.0594. The number of ether oxygens (including phenoxy) is 2. The molecule has 0 bridgehead atoms. The SMILES string of the molecule is O=C(NCCCN1C(=O)c2ccc([N+](=O)[O-])cc2C1=O)Nc1ccc2c(c1)OCO2. The van der Waals surface area contributed by atoms with E-state index in [-0.39, 0.29) is 36.7 Å². The summed E-state index contributed by atoms with van der Waals surface area (Å²) in [7, 11) is 0. The van der Waals surface area contributed by atoms with E-state index in [1.54, 1.807) is 18.2 Å². The normalized spacial score (nSPS) is 13.9. The Morgan fingerprint density at radius 2 is 1.83 bits per heavy atom. The highest BCUT2D eigenvalue weighted by Gasteiger charge is 2.36. The van der Waals surface area contributed by atoms with Crippen molar-refractivity contribution in [1.29, 1.82) is 0 Å². The number of hydrogen-bond acceptors (Lipinski definition) is 7. The summed E-state index contributed by atoms with van der Waals surface area (Å²) >= 11 is 0. The van der Waals surface area contributed by atoms with Crippen LogP contribution in [0.2, 0.25) is 0 Å². The number of nitrogens with one attached hydrogen (secondary N) is 2. The van der Waals surface area contributed by atoms with Crippen LogP contribution in [0.15, 0.2) is 36.4 Å². The molecule has 154 valence electrons. The molecule has 0 aliphatic carbocycles. The maximum absolute atomic E-state index is 12.4. The summed E-state index contributed by atoms with van der Waals surface area (Å²) in [5, 5.41) is 16.2. The van der Waals surface area contributed by atoms with Crippen molar-refractivity contribution in [2.75, 3.05) is 25.2 Å². The number of non-ortho nitro benzene ring substituents is 1. The fourth-order valence-electron chi connectivity index (χ4n) is 3.18. The van der Waals surface area contributed by atoms with Crippen molar-refractivity contribution in [3.05, 3.63) is 57.6 Å². The van der Waals surface area contributed by atoms with Crippen molar-refractivity contribution in [2.45, 2.75) is 6.42 Å². The highest BCUT2D eigenvalue weighted by Crippen LogP contribution is 2.34. The van der Waals surface area contributed by atoms with Gasteiger partial charge in [0.25, 0.3) is 17.5 Å². The number of nitrogens with zero attached hydrogens (tertiary/aromatic N) is 2. The number of hydrogen-bond donors (Lipinski definition) is 2. The van der Waals surface area contributed by atoms with Gasteiger partial charge < -0.3 is 20.1 Å². The van der Waals surface area contributed by atoms with Crippen LogP contribution in [0.3, 0.4) is 0 Å². The van der Waals surface area contributed by atoms with Gasteiger partial charge in [0.1, 0.15) is 0 Å². The Balaban J connectivity index is 1.27. The zero-order valence-corrected chi connectivity index (χ0v) is 15.5. The van der Waals surface area contributed by atoms with E-state index in [1.165, 1.54) is 12.1 Å². The van der Waals surface area contributed by atoms with Crippen molar-refractivity contribution in [1.82, 2.24) is 10.2 Å². The Morgan fingerprint density at radius 3 is 2.63 bits per heavy atom. The predicted octanol–water partition coefficient (Wildman–Crippen LogP) is 2.13. The number of anilines is 1. The van der Waals surface area contributed by atoms with Gasteiger partial charge in [-0.15, -0.1) is 0 Å². The molecular weight excluding hydrogens is 396 g/mol. The number of urea groups is 1. The van der Waals surface area contributed by atoms with Gasteiger partial charge in [0.15, 0.2) is 11.5 Å². The topological polar surface area (TPSA) is 140 Å². The zero-order chi connectivity index (χ0) is 21.3. The second-order valence-electron chi connectivity index (χ2n) is 6.55. The number of rotatable bonds is 6. The Hall–Kier alpha value is -4.15. The van der Waals surface area contributed by atoms with E-state index in [1.807, 2.05) is 0 Å². The lowest BCUT2D eigenvalue weighted by Gasteiger charge is -2.14. The van der Waals surface area contributed by atoms with Crippen molar-refractivity contribution in [3.8, 4) is 11.5 Å². The Kier molecular flexibility index (Phi) is 4.92. The van der Waals surface area contributed by atoms with Crippen LogP contribution < -0.4 is 20.1 Å². The maximum Gasteiger partial charge on any atom is 0.319 e. The summed E-state index contributed by atoms with van der Waals surface area (Å²) in [6.45, 7) is 0.421. The third-order valence-electron chi connectivity index (χ3n) is 4.64. The monoisotopic (exact) mass is 412 g/mol. The standard InChI is InChI=1S/C19H16N4O7/c24-17-13-4-3-12(23(27)28)9-14(13)18(25)22(17)7-1-6-20-19(26)21-11-2-5-15-16(8-11)30-10-29-15/h2-5,8-9H,1,6-7,10H2,(H2,20,21,26). The third kappa shape index (κ3) is 3.60. The fraction of sp³-hybridized carbons (Fsp3) is 0.211. The average Bonchev–Trinajstić information content (AvgIpc) is 3.28. The van der Waals surface area contributed by atoms with E-state index in [0.717, 1.165) is 11.0 Å². The van der Waals surface area contributed by atoms with Crippen LogP contribution in [-0.2, 0) is 0 Å². The molecule has 11 heteroatoms. The number of benzene rings is 2. The molecule has 2 aliphatic heterocycles. The summed E-state index contributed by atoms with van der Waals surface area (Å²) in [5.41, 5.74) is 0.430. The van der Waals surface area contributed by atoms with Crippen LogP contribution in [0.25, 0.3) is 0 Å². The first-order chi connectivity index (χ1) is 14.4. The van der Waals surface area contributed by atoms with E-state index in [4.69, 9.17) is 9.47 Å². The van der Waals surface area contributed by atoms with Gasteiger partial charge in [0.2, 0.25) is 6.79 Å². The van der Waals surface area contributed by atoms with Crippen LogP contribution >= 0.6 is 0 Å². The zero-order valence-electron chi connectivity index (χ0n) is 15.5. The van der Waals surface area contributed by atoms with Gasteiger partial charge in [-0.1, -0.05) is 0 Å². The highest BCUT2D eigenvalue weighted by atomic mass is 16.7. The van der Waals surface area contributed by atoms with Crippen molar-refractivity contribution < 1.29 is 28.8 Å². The summed E-state index contributed by atoms with van der Waals surface area (Å²) in [6, 6.07) is 8.12. The largest absolute Gasteiger partial charge is 0.454 e. The van der Waals surface area contributed by atoms with E-state index >= 15 is 0 Å². The van der Waals surface area contributed by atoms with E-state index in [2.05, 4.69) is 10.6 Å². The maximum atomic E-state index is 12.4. The van der Waals surface area contributed by atoms with E-state index in [9.17, 15) is 24.5 Å². The second-order valence-corrected chi connectivity index (χ2v) is 6.55. The molecule has 4 rings (SSSR count). The molecule has 0 radical (unpaired) electrons. The van der Waals surface area contributed by atoms with Crippen LogP contribution in [0.1, 0.15) is 27.1 Å². The molecule has 0 saturated heterocycles. The molecule has 0 fully saturated rings. The molecule has 0 spiro atoms. The van der Waals surface area contributed by atoms with Crippen LogP contribution in [0.5, 0.6) is 11.5 Å². The van der Waals surface area contributed by atoms with Crippen molar-refractivity contribution >= 4 is 29.2 Å². The minimum atomic E-state index is -0.622. The quantitative estimate of drug-likeness (QED) is 0.320. The first-order valence-corrected chi connectivity index (χ1v) is 9.03. The Labute approximate surface area is 169 Å². The molecule has 2 aromatic carbocycles. The minimum Gasteiger partial charge on any atom is -0.454 e. The minimum absolute atomic E-state index is 0.0164. The number of imide groups is 1. The molecule has 2 N–H and O–H groups in total. The van der Waals surface area contributed by atoms with Gasteiger partial charge in [0.05, 0.1) is 16.1 Å². The molecular formula is C19H16N4O7. The lowest BCUT2D eigenvalue weighted by atomic mass is 10.1. The fourth-order valence-corrected chi connectivity index (χ4v) is 3.18. The molecule has 0 atom stereocenters. The van der Waals surface area contributed by atoms with Gasteiger partial charge in [-0.3, -0.25) is 24.6 Å².